The van der Waals surface area contributed by atoms with Crippen LogP contribution in [-0.4, -0.2) is 0 Å². The first-order chi connectivity index (χ1) is 25.8. The number of hydrogen-bond donors (Lipinski definition) is 0. The van der Waals surface area contributed by atoms with Gasteiger partial charge in [0.25, 0.3) is 0 Å². The van der Waals surface area contributed by atoms with E-state index in [1.165, 1.54) is 109 Å². The molecule has 0 radical (unpaired) electrons. The molecule has 12 rings (SSSR count). The van der Waals surface area contributed by atoms with Crippen molar-refractivity contribution in [3.05, 3.63) is 204 Å². The Morgan fingerprint density at radius 1 is 0.327 bits per heavy atom. The Labute approximate surface area is 307 Å². The average molecular weight is 675 g/mol. The molecule has 0 N–H and O–H groups in total. The van der Waals surface area contributed by atoms with Crippen molar-refractivity contribution >= 4 is 33.3 Å². The van der Waals surface area contributed by atoms with Gasteiger partial charge in [-0.15, -0.1) is 0 Å². The largest absolute Gasteiger partial charge is 0.0888 e. The minimum atomic E-state index is -0.389. The van der Waals surface area contributed by atoms with Crippen LogP contribution in [0.2, 0.25) is 0 Å². The first kappa shape index (κ1) is 28.5. The van der Waals surface area contributed by atoms with E-state index in [1.807, 2.05) is 11.8 Å². The molecule has 1 heteroatoms. The monoisotopic (exact) mass is 674 g/mol. The Bertz CT molecular complexity index is 3000. The fraction of sp³-hybridized carbons (Fsp3) is 0.0196. The van der Waals surface area contributed by atoms with Crippen LogP contribution in [0.4, 0.5) is 0 Å². The Kier molecular flexibility index (Phi) is 5.73. The standard InChI is InChI=1S/C51H30S/c1-2-14-36-31(11-1)24-27-45-49(36)42-17-4-7-21-44(42)51(45)43-20-6-3-15-37(43)38-25-23-33(30-46(38)51)32-12-9-13-34(29-32)35-26-28-48-50-40(35)18-10-19-41(50)39-16-5-8-22-47(39)52-48/h1-30H. The number of hydrogen-bond acceptors (Lipinski definition) is 1. The van der Waals surface area contributed by atoms with Crippen molar-refractivity contribution in [2.45, 2.75) is 15.2 Å². The van der Waals surface area contributed by atoms with Gasteiger partial charge in [0.1, 0.15) is 0 Å². The molecule has 1 atom stereocenters. The Balaban J connectivity index is 1.07. The summed E-state index contributed by atoms with van der Waals surface area (Å²) < 4.78 is 0. The normalized spacial score (nSPS) is 15.7. The summed E-state index contributed by atoms with van der Waals surface area (Å²) in [4.78, 5) is 2.66. The third-order valence-electron chi connectivity index (χ3n) is 11.9. The molecule has 0 fully saturated rings. The third-order valence-corrected chi connectivity index (χ3v) is 13.0. The summed E-state index contributed by atoms with van der Waals surface area (Å²) in [5.41, 5.74) is 18.1. The van der Waals surface area contributed by atoms with E-state index >= 15 is 0 Å². The maximum atomic E-state index is 2.50. The van der Waals surface area contributed by atoms with E-state index in [2.05, 4.69) is 182 Å². The van der Waals surface area contributed by atoms with Crippen molar-refractivity contribution in [3.8, 4) is 55.6 Å². The molecule has 0 aromatic heterocycles. The Morgan fingerprint density at radius 2 is 0.981 bits per heavy atom. The van der Waals surface area contributed by atoms with E-state index < -0.39 is 0 Å². The molecule has 0 saturated heterocycles. The first-order valence-electron chi connectivity index (χ1n) is 18.1. The summed E-state index contributed by atoms with van der Waals surface area (Å²) in [6, 6.07) is 68.5. The molecule has 240 valence electrons. The van der Waals surface area contributed by atoms with Crippen LogP contribution >= 0.6 is 11.8 Å². The number of fused-ring (bicyclic) bond motifs is 14. The van der Waals surface area contributed by atoms with Gasteiger partial charge in [-0.3, -0.25) is 0 Å². The summed E-state index contributed by atoms with van der Waals surface area (Å²) in [5, 5.41) is 5.27. The van der Waals surface area contributed by atoms with Crippen molar-refractivity contribution in [1.82, 2.24) is 0 Å². The van der Waals surface area contributed by atoms with Crippen molar-refractivity contribution < 1.29 is 0 Å². The van der Waals surface area contributed by atoms with E-state index in [1.54, 1.807) is 0 Å². The Morgan fingerprint density at radius 3 is 1.90 bits per heavy atom. The maximum Gasteiger partial charge on any atom is 0.0725 e. The number of rotatable bonds is 2. The van der Waals surface area contributed by atoms with Gasteiger partial charge in [0.05, 0.1) is 5.41 Å². The van der Waals surface area contributed by atoms with Crippen molar-refractivity contribution in [1.29, 1.82) is 0 Å². The van der Waals surface area contributed by atoms with Crippen LogP contribution in [0.5, 0.6) is 0 Å². The molecule has 1 unspecified atom stereocenters. The zero-order valence-electron chi connectivity index (χ0n) is 28.2. The summed E-state index contributed by atoms with van der Waals surface area (Å²) in [7, 11) is 0. The van der Waals surface area contributed by atoms with Gasteiger partial charge >= 0.3 is 0 Å². The second kappa shape index (κ2) is 10.4. The summed E-state index contributed by atoms with van der Waals surface area (Å²) in [6.45, 7) is 0. The highest BCUT2D eigenvalue weighted by Crippen LogP contribution is 2.64. The molecule has 1 heterocycles. The smallest absolute Gasteiger partial charge is 0.0725 e. The maximum absolute atomic E-state index is 2.50. The van der Waals surface area contributed by atoms with Crippen LogP contribution in [0.3, 0.4) is 0 Å². The lowest BCUT2D eigenvalue weighted by Gasteiger charge is -2.31. The van der Waals surface area contributed by atoms with Gasteiger partial charge in [0, 0.05) is 15.2 Å². The lowest BCUT2D eigenvalue weighted by Crippen LogP contribution is -2.25. The zero-order valence-corrected chi connectivity index (χ0v) is 29.0. The summed E-state index contributed by atoms with van der Waals surface area (Å²) in [5.74, 6) is 0. The summed E-state index contributed by atoms with van der Waals surface area (Å²) in [6.07, 6.45) is 0. The molecule has 3 aliphatic rings. The lowest BCUT2D eigenvalue weighted by molar-refractivity contribution is 0.795. The topological polar surface area (TPSA) is 0 Å². The summed E-state index contributed by atoms with van der Waals surface area (Å²) >= 11 is 1.88. The molecule has 0 bridgehead atoms. The highest BCUT2D eigenvalue weighted by atomic mass is 32.2. The number of benzene rings is 9. The SMILES string of the molecule is c1cc(-c2ccc3c(c2)C2(c4ccccc4-3)c3ccccc3-c3c2ccc2ccccc32)cc(-c2ccc3c4c(cccc24)-c2ccccc2S3)c1. The van der Waals surface area contributed by atoms with Crippen LogP contribution in [0.25, 0.3) is 77.2 Å². The molecule has 0 nitrogen and oxygen atoms in total. The van der Waals surface area contributed by atoms with Gasteiger partial charge in [0.15, 0.2) is 0 Å². The van der Waals surface area contributed by atoms with Crippen molar-refractivity contribution in [3.63, 3.8) is 0 Å². The van der Waals surface area contributed by atoms with Crippen molar-refractivity contribution in [2.75, 3.05) is 0 Å². The molecule has 0 amide bonds. The molecular formula is C51H30S. The van der Waals surface area contributed by atoms with Crippen molar-refractivity contribution in [2.24, 2.45) is 0 Å². The zero-order chi connectivity index (χ0) is 34.0. The average Bonchev–Trinajstić information content (AvgIpc) is 3.68. The fourth-order valence-corrected chi connectivity index (χ4v) is 10.9. The second-order valence-electron chi connectivity index (χ2n) is 14.3. The molecule has 0 saturated carbocycles. The minimum absolute atomic E-state index is 0.389. The Hall–Kier alpha value is -6.15. The predicted molar refractivity (Wildman–Crippen MR) is 218 cm³/mol. The van der Waals surface area contributed by atoms with E-state index in [9.17, 15) is 0 Å². The van der Waals surface area contributed by atoms with E-state index in [0.29, 0.717) is 0 Å². The fourth-order valence-electron chi connectivity index (χ4n) is 9.79. The lowest BCUT2D eigenvalue weighted by atomic mass is 9.70. The predicted octanol–water partition coefficient (Wildman–Crippen LogP) is 13.8. The van der Waals surface area contributed by atoms with Gasteiger partial charge in [-0.25, -0.2) is 0 Å². The van der Waals surface area contributed by atoms with Crippen LogP contribution in [0.1, 0.15) is 22.3 Å². The van der Waals surface area contributed by atoms with Crippen LogP contribution in [0.15, 0.2) is 192 Å². The molecule has 2 aliphatic carbocycles. The molecule has 1 aliphatic heterocycles. The molecule has 1 spiro atoms. The molecular weight excluding hydrogens is 645 g/mol. The highest BCUT2D eigenvalue weighted by Gasteiger charge is 2.52. The van der Waals surface area contributed by atoms with Gasteiger partial charge < -0.3 is 0 Å². The van der Waals surface area contributed by atoms with Gasteiger partial charge in [-0.2, -0.15) is 0 Å². The van der Waals surface area contributed by atoms with E-state index in [4.69, 9.17) is 0 Å². The second-order valence-corrected chi connectivity index (χ2v) is 15.4. The van der Waals surface area contributed by atoms with Crippen LogP contribution < -0.4 is 0 Å². The van der Waals surface area contributed by atoms with E-state index in [-0.39, 0.29) is 5.41 Å². The molecule has 9 aromatic carbocycles. The van der Waals surface area contributed by atoms with Gasteiger partial charge in [0.2, 0.25) is 0 Å². The van der Waals surface area contributed by atoms with Crippen LogP contribution in [0, 0.1) is 0 Å². The van der Waals surface area contributed by atoms with Gasteiger partial charge in [-0.05, 0) is 118 Å². The first-order valence-corrected chi connectivity index (χ1v) is 18.9. The molecule has 52 heavy (non-hydrogen) atoms. The van der Waals surface area contributed by atoms with Crippen LogP contribution in [-0.2, 0) is 5.41 Å². The van der Waals surface area contributed by atoms with Gasteiger partial charge in [-0.1, -0.05) is 169 Å². The third kappa shape index (κ3) is 3.63. The quantitative estimate of drug-likeness (QED) is 0.176. The van der Waals surface area contributed by atoms with E-state index in [0.717, 1.165) is 0 Å². The highest BCUT2D eigenvalue weighted by molar-refractivity contribution is 7.99. The minimum Gasteiger partial charge on any atom is -0.0888 e. The molecule has 9 aromatic rings.